The predicted molar refractivity (Wildman–Crippen MR) is 71.8 cm³/mol. The summed E-state index contributed by atoms with van der Waals surface area (Å²) in [5.74, 6) is -2.81. The fraction of sp³-hybridized carbons (Fsp3) is 0. The largest absolute Gasteiger partial charge is 0.508 e. The Morgan fingerprint density at radius 2 is 1.95 bits per heavy atom. The summed E-state index contributed by atoms with van der Waals surface area (Å²) in [6.45, 7) is 0. The molecule has 0 radical (unpaired) electrons. The van der Waals surface area contributed by atoms with Crippen LogP contribution in [0.15, 0.2) is 30.3 Å². The lowest BCUT2D eigenvalue weighted by Gasteiger charge is -2.10. The highest BCUT2D eigenvalue weighted by Crippen LogP contribution is 2.26. The van der Waals surface area contributed by atoms with E-state index in [0.717, 1.165) is 12.1 Å². The normalized spacial score (nSPS) is 10.3. The molecule has 0 saturated heterocycles. The highest BCUT2D eigenvalue weighted by Gasteiger charge is 2.16. The van der Waals surface area contributed by atoms with Crippen LogP contribution < -0.4 is 11.1 Å². The molecule has 4 nitrogen and oxygen atoms in total. The zero-order valence-electron chi connectivity index (χ0n) is 9.95. The van der Waals surface area contributed by atoms with E-state index >= 15 is 0 Å². The minimum absolute atomic E-state index is 0.0604. The minimum Gasteiger partial charge on any atom is -0.508 e. The van der Waals surface area contributed by atoms with Crippen molar-refractivity contribution in [1.29, 1.82) is 0 Å². The molecule has 2 aromatic rings. The standard InChI is InChI=1S/C13H9ClF2N2O2/c14-9-2-1-7(19)5-8(9)13(20)18-12-10(16)3-6(15)4-11(12)17/h1-5,19H,17H2,(H,18,20). The number of halogens is 3. The van der Waals surface area contributed by atoms with Gasteiger partial charge < -0.3 is 16.2 Å². The van der Waals surface area contributed by atoms with E-state index in [9.17, 15) is 18.7 Å². The second-order valence-corrected chi connectivity index (χ2v) is 4.38. The van der Waals surface area contributed by atoms with E-state index in [2.05, 4.69) is 5.32 Å². The SMILES string of the molecule is Nc1cc(F)cc(F)c1NC(=O)c1cc(O)ccc1Cl. The van der Waals surface area contributed by atoms with Gasteiger partial charge in [0.1, 0.15) is 17.3 Å². The molecule has 0 atom stereocenters. The van der Waals surface area contributed by atoms with Crippen LogP contribution in [-0.2, 0) is 0 Å². The number of carbonyl (C=O) groups excluding carboxylic acids is 1. The van der Waals surface area contributed by atoms with Crippen LogP contribution in [0.2, 0.25) is 5.02 Å². The van der Waals surface area contributed by atoms with Gasteiger partial charge in [-0.2, -0.15) is 0 Å². The van der Waals surface area contributed by atoms with Crippen molar-refractivity contribution in [2.24, 2.45) is 0 Å². The summed E-state index contributed by atoms with van der Waals surface area (Å²) in [5.41, 5.74) is 4.77. The number of nitrogen functional groups attached to an aromatic ring is 1. The van der Waals surface area contributed by atoms with Crippen molar-refractivity contribution in [3.05, 3.63) is 52.6 Å². The van der Waals surface area contributed by atoms with Gasteiger partial charge in [-0.15, -0.1) is 0 Å². The first kappa shape index (κ1) is 14.1. The molecule has 0 aliphatic rings. The van der Waals surface area contributed by atoms with Crippen molar-refractivity contribution in [3.8, 4) is 5.75 Å². The van der Waals surface area contributed by atoms with E-state index in [1.165, 1.54) is 12.1 Å². The number of rotatable bonds is 2. The number of anilines is 2. The summed E-state index contributed by atoms with van der Waals surface area (Å²) in [6.07, 6.45) is 0. The van der Waals surface area contributed by atoms with E-state index < -0.39 is 17.5 Å². The van der Waals surface area contributed by atoms with Crippen LogP contribution in [0.1, 0.15) is 10.4 Å². The fourth-order valence-electron chi connectivity index (χ4n) is 1.59. The van der Waals surface area contributed by atoms with Gasteiger partial charge in [0.05, 0.1) is 16.3 Å². The Hall–Kier alpha value is -2.34. The zero-order valence-corrected chi connectivity index (χ0v) is 10.7. The Bertz CT molecular complexity index is 669. The first-order valence-corrected chi connectivity index (χ1v) is 5.80. The highest BCUT2D eigenvalue weighted by atomic mass is 35.5. The van der Waals surface area contributed by atoms with Crippen LogP contribution in [0.3, 0.4) is 0 Å². The average Bonchev–Trinajstić information content (AvgIpc) is 2.36. The Labute approximate surface area is 117 Å². The zero-order chi connectivity index (χ0) is 14.9. The van der Waals surface area contributed by atoms with Gasteiger partial charge in [0.15, 0.2) is 5.82 Å². The molecular weight excluding hydrogens is 290 g/mol. The van der Waals surface area contributed by atoms with Gasteiger partial charge in [0.2, 0.25) is 0 Å². The van der Waals surface area contributed by atoms with Gasteiger partial charge >= 0.3 is 0 Å². The number of amides is 1. The van der Waals surface area contributed by atoms with Gasteiger partial charge in [-0.1, -0.05) is 11.6 Å². The monoisotopic (exact) mass is 298 g/mol. The lowest BCUT2D eigenvalue weighted by atomic mass is 10.2. The van der Waals surface area contributed by atoms with Crippen molar-refractivity contribution < 1.29 is 18.7 Å². The van der Waals surface area contributed by atoms with E-state index in [1.807, 2.05) is 0 Å². The number of hydrogen-bond acceptors (Lipinski definition) is 3. The molecule has 4 N–H and O–H groups in total. The summed E-state index contributed by atoms with van der Waals surface area (Å²) in [6, 6.07) is 5.20. The maximum atomic E-state index is 13.6. The number of nitrogens with two attached hydrogens (primary N) is 1. The second kappa shape index (κ2) is 5.34. The maximum Gasteiger partial charge on any atom is 0.257 e. The Morgan fingerprint density at radius 1 is 1.25 bits per heavy atom. The van der Waals surface area contributed by atoms with Gasteiger partial charge in [-0.25, -0.2) is 8.78 Å². The molecule has 0 aliphatic heterocycles. The molecule has 2 aromatic carbocycles. The quantitative estimate of drug-likeness (QED) is 0.745. The third-order valence-corrected chi connectivity index (χ3v) is 2.85. The number of phenolic OH excluding ortho intramolecular Hbond substituents is 1. The lowest BCUT2D eigenvalue weighted by Crippen LogP contribution is -2.15. The average molecular weight is 299 g/mol. The van der Waals surface area contributed by atoms with Crippen LogP contribution in [0.4, 0.5) is 20.2 Å². The van der Waals surface area contributed by atoms with E-state index in [0.29, 0.717) is 6.07 Å². The van der Waals surface area contributed by atoms with Gasteiger partial charge in [0, 0.05) is 6.07 Å². The van der Waals surface area contributed by atoms with Crippen LogP contribution in [0, 0.1) is 11.6 Å². The first-order chi connectivity index (χ1) is 9.38. The van der Waals surface area contributed by atoms with Crippen molar-refractivity contribution in [3.63, 3.8) is 0 Å². The van der Waals surface area contributed by atoms with Gasteiger partial charge in [-0.05, 0) is 24.3 Å². The van der Waals surface area contributed by atoms with Crippen LogP contribution in [-0.4, -0.2) is 11.0 Å². The van der Waals surface area contributed by atoms with Crippen molar-refractivity contribution >= 4 is 28.9 Å². The number of benzene rings is 2. The van der Waals surface area contributed by atoms with Crippen molar-refractivity contribution in [2.75, 3.05) is 11.1 Å². The second-order valence-electron chi connectivity index (χ2n) is 3.97. The summed E-state index contributed by atoms with van der Waals surface area (Å²) in [4.78, 5) is 12.0. The predicted octanol–water partition coefficient (Wildman–Crippen LogP) is 3.16. The number of hydrogen-bond donors (Lipinski definition) is 3. The first-order valence-electron chi connectivity index (χ1n) is 5.43. The highest BCUT2D eigenvalue weighted by molar-refractivity contribution is 6.34. The molecule has 0 spiro atoms. The third-order valence-electron chi connectivity index (χ3n) is 2.52. The molecular formula is C13H9ClF2N2O2. The molecule has 0 fully saturated rings. The van der Waals surface area contributed by atoms with Crippen LogP contribution in [0.5, 0.6) is 5.75 Å². The van der Waals surface area contributed by atoms with E-state index in [1.54, 1.807) is 0 Å². The maximum absolute atomic E-state index is 13.6. The lowest BCUT2D eigenvalue weighted by molar-refractivity contribution is 0.102. The summed E-state index contributed by atoms with van der Waals surface area (Å²) in [5, 5.41) is 11.6. The summed E-state index contributed by atoms with van der Waals surface area (Å²) >= 11 is 5.81. The summed E-state index contributed by atoms with van der Waals surface area (Å²) in [7, 11) is 0. The summed E-state index contributed by atoms with van der Waals surface area (Å²) < 4.78 is 26.4. The molecule has 7 heteroatoms. The Kier molecular flexibility index (Phi) is 3.76. The Morgan fingerprint density at radius 3 is 2.60 bits per heavy atom. The molecule has 0 saturated carbocycles. The smallest absolute Gasteiger partial charge is 0.257 e. The minimum atomic E-state index is -1.01. The molecule has 0 aromatic heterocycles. The molecule has 2 rings (SSSR count). The molecule has 20 heavy (non-hydrogen) atoms. The molecule has 0 unspecified atom stereocenters. The van der Waals surface area contributed by atoms with Gasteiger partial charge in [-0.3, -0.25) is 4.79 Å². The van der Waals surface area contributed by atoms with Crippen LogP contribution >= 0.6 is 11.6 Å². The van der Waals surface area contributed by atoms with Crippen molar-refractivity contribution in [1.82, 2.24) is 0 Å². The fourth-order valence-corrected chi connectivity index (χ4v) is 1.80. The van der Waals surface area contributed by atoms with Crippen LogP contribution in [0.25, 0.3) is 0 Å². The topological polar surface area (TPSA) is 75.3 Å². The third kappa shape index (κ3) is 2.80. The molecule has 0 aliphatic carbocycles. The van der Waals surface area contributed by atoms with E-state index in [4.69, 9.17) is 17.3 Å². The molecule has 0 bridgehead atoms. The Balaban J connectivity index is 2.35. The number of phenols is 1. The number of carbonyl (C=O) groups is 1. The molecule has 104 valence electrons. The number of nitrogens with one attached hydrogen (secondary N) is 1. The van der Waals surface area contributed by atoms with Crippen molar-refractivity contribution in [2.45, 2.75) is 0 Å². The van der Waals surface area contributed by atoms with E-state index in [-0.39, 0.29) is 27.7 Å². The van der Waals surface area contributed by atoms with Gasteiger partial charge in [0.25, 0.3) is 5.91 Å². The molecule has 0 heterocycles. The molecule has 1 amide bonds. The number of aromatic hydroxyl groups is 1.